The highest BCUT2D eigenvalue weighted by atomic mass is 15.1. The number of para-hydroxylation sites is 1. The zero-order valence-corrected chi connectivity index (χ0v) is 12.1. The van der Waals surface area contributed by atoms with E-state index in [1.807, 2.05) is 7.05 Å². The average molecular weight is 266 g/mol. The smallest absolute Gasteiger partial charge is 0.0429 e. The summed E-state index contributed by atoms with van der Waals surface area (Å²) < 4.78 is 0. The van der Waals surface area contributed by atoms with Gasteiger partial charge in [0.1, 0.15) is 0 Å². The fraction of sp³-hybridized carbons (Fsp3) is 0.333. The van der Waals surface area contributed by atoms with Crippen LogP contribution >= 0.6 is 0 Å². The molecular formula is C18H22N2. The lowest BCUT2D eigenvalue weighted by Gasteiger charge is -2.31. The van der Waals surface area contributed by atoms with Gasteiger partial charge in [-0.15, -0.1) is 0 Å². The largest absolute Gasteiger partial charge is 0.367 e. The fourth-order valence-electron chi connectivity index (χ4n) is 3.04. The maximum Gasteiger partial charge on any atom is 0.0429 e. The van der Waals surface area contributed by atoms with E-state index in [0.717, 1.165) is 19.6 Å². The second kappa shape index (κ2) is 6.10. The topological polar surface area (TPSA) is 15.3 Å². The minimum Gasteiger partial charge on any atom is -0.367 e. The summed E-state index contributed by atoms with van der Waals surface area (Å²) in [6, 6.07) is 17.7. The van der Waals surface area contributed by atoms with Gasteiger partial charge in [0.05, 0.1) is 0 Å². The molecule has 1 N–H and O–H groups in total. The number of hydrogen-bond acceptors (Lipinski definition) is 2. The molecule has 3 rings (SSSR count). The van der Waals surface area contributed by atoms with Crippen LogP contribution in [0.3, 0.4) is 0 Å². The number of benzene rings is 2. The van der Waals surface area contributed by atoms with Crippen molar-refractivity contribution in [1.82, 2.24) is 5.32 Å². The summed E-state index contributed by atoms with van der Waals surface area (Å²) in [6.45, 7) is 3.10. The van der Waals surface area contributed by atoms with E-state index in [9.17, 15) is 0 Å². The van der Waals surface area contributed by atoms with Crippen molar-refractivity contribution in [2.45, 2.75) is 25.9 Å². The Balaban J connectivity index is 1.80. The number of hydrogen-bond donors (Lipinski definition) is 1. The van der Waals surface area contributed by atoms with Crippen molar-refractivity contribution in [3.05, 3.63) is 65.2 Å². The summed E-state index contributed by atoms with van der Waals surface area (Å²) in [5.41, 5.74) is 5.66. The molecule has 2 heteroatoms. The van der Waals surface area contributed by atoms with Gasteiger partial charge in [0, 0.05) is 25.3 Å². The van der Waals surface area contributed by atoms with Gasteiger partial charge in [0.15, 0.2) is 0 Å². The van der Waals surface area contributed by atoms with E-state index >= 15 is 0 Å². The van der Waals surface area contributed by atoms with E-state index in [0.29, 0.717) is 0 Å². The van der Waals surface area contributed by atoms with Crippen LogP contribution in [0, 0.1) is 0 Å². The summed E-state index contributed by atoms with van der Waals surface area (Å²) in [5, 5.41) is 3.22. The molecule has 0 unspecified atom stereocenters. The lowest BCUT2D eigenvalue weighted by atomic mass is 10.0. The summed E-state index contributed by atoms with van der Waals surface area (Å²) in [5.74, 6) is 0. The van der Waals surface area contributed by atoms with Crippen LogP contribution in [0.15, 0.2) is 48.5 Å². The third kappa shape index (κ3) is 2.86. The molecule has 0 saturated carbocycles. The molecule has 1 aliphatic rings. The molecule has 2 nitrogen and oxygen atoms in total. The maximum absolute atomic E-state index is 3.22. The highest BCUT2D eigenvalue weighted by molar-refractivity contribution is 5.55. The van der Waals surface area contributed by atoms with Crippen LogP contribution in [-0.4, -0.2) is 13.6 Å². The SMILES string of the molecule is CNCc1cccc(CN2CCCc3ccccc32)c1. The van der Waals surface area contributed by atoms with E-state index in [1.54, 1.807) is 0 Å². The standard InChI is InChI=1S/C18H22N2/c1-19-13-15-6-4-7-16(12-15)14-20-11-5-9-17-8-2-3-10-18(17)20/h2-4,6-8,10,12,19H,5,9,11,13-14H2,1H3. The second-order valence-electron chi connectivity index (χ2n) is 5.50. The zero-order chi connectivity index (χ0) is 13.8. The molecule has 1 heterocycles. The Bertz CT molecular complexity index is 577. The van der Waals surface area contributed by atoms with Crippen LogP contribution in [0.4, 0.5) is 5.69 Å². The Labute approximate surface area is 121 Å². The summed E-state index contributed by atoms with van der Waals surface area (Å²) in [7, 11) is 1.99. The molecule has 104 valence electrons. The van der Waals surface area contributed by atoms with Crippen LogP contribution < -0.4 is 10.2 Å². The van der Waals surface area contributed by atoms with E-state index in [1.165, 1.54) is 35.2 Å². The molecule has 0 saturated heterocycles. The number of rotatable bonds is 4. The van der Waals surface area contributed by atoms with Crippen LogP contribution in [0.2, 0.25) is 0 Å². The zero-order valence-electron chi connectivity index (χ0n) is 12.1. The molecule has 0 aliphatic carbocycles. The lowest BCUT2D eigenvalue weighted by molar-refractivity contribution is 0.690. The van der Waals surface area contributed by atoms with Gasteiger partial charge in [0.2, 0.25) is 0 Å². The first kappa shape index (κ1) is 13.2. The predicted molar refractivity (Wildman–Crippen MR) is 85.0 cm³/mol. The third-order valence-electron chi connectivity index (χ3n) is 3.95. The Hall–Kier alpha value is -1.80. The van der Waals surface area contributed by atoms with E-state index in [2.05, 4.69) is 58.7 Å². The third-order valence-corrected chi connectivity index (χ3v) is 3.95. The van der Waals surface area contributed by atoms with Crippen molar-refractivity contribution in [2.24, 2.45) is 0 Å². The molecule has 0 radical (unpaired) electrons. The number of aryl methyl sites for hydroxylation is 1. The van der Waals surface area contributed by atoms with Gasteiger partial charge < -0.3 is 10.2 Å². The monoisotopic (exact) mass is 266 g/mol. The normalized spacial score (nSPS) is 14.2. The molecule has 0 spiro atoms. The van der Waals surface area contributed by atoms with Gasteiger partial charge in [-0.3, -0.25) is 0 Å². The Morgan fingerprint density at radius 3 is 2.80 bits per heavy atom. The molecule has 20 heavy (non-hydrogen) atoms. The van der Waals surface area contributed by atoms with Gasteiger partial charge >= 0.3 is 0 Å². The highest BCUT2D eigenvalue weighted by Gasteiger charge is 2.16. The Morgan fingerprint density at radius 2 is 1.90 bits per heavy atom. The molecule has 0 fully saturated rings. The van der Waals surface area contributed by atoms with Crippen LogP contribution in [0.25, 0.3) is 0 Å². The summed E-state index contributed by atoms with van der Waals surface area (Å²) >= 11 is 0. The van der Waals surface area contributed by atoms with Crippen LogP contribution in [0.1, 0.15) is 23.1 Å². The first-order valence-electron chi connectivity index (χ1n) is 7.42. The van der Waals surface area contributed by atoms with E-state index < -0.39 is 0 Å². The number of fused-ring (bicyclic) bond motifs is 1. The number of anilines is 1. The van der Waals surface area contributed by atoms with Crippen molar-refractivity contribution in [3.8, 4) is 0 Å². The van der Waals surface area contributed by atoms with Gasteiger partial charge in [0.25, 0.3) is 0 Å². The second-order valence-corrected chi connectivity index (χ2v) is 5.50. The number of nitrogens with zero attached hydrogens (tertiary/aromatic N) is 1. The minimum atomic E-state index is 0.935. The quantitative estimate of drug-likeness (QED) is 0.913. The maximum atomic E-state index is 3.22. The Kier molecular flexibility index (Phi) is 4.03. The van der Waals surface area contributed by atoms with Crippen molar-refractivity contribution < 1.29 is 0 Å². The predicted octanol–water partition coefficient (Wildman–Crippen LogP) is 3.36. The first-order valence-corrected chi connectivity index (χ1v) is 7.42. The van der Waals surface area contributed by atoms with Crippen LogP contribution in [0.5, 0.6) is 0 Å². The number of nitrogens with one attached hydrogen (secondary N) is 1. The fourth-order valence-corrected chi connectivity index (χ4v) is 3.04. The molecule has 0 bridgehead atoms. The van der Waals surface area contributed by atoms with Crippen molar-refractivity contribution in [2.75, 3.05) is 18.5 Å². The van der Waals surface area contributed by atoms with Gasteiger partial charge in [-0.05, 0) is 42.6 Å². The van der Waals surface area contributed by atoms with E-state index in [4.69, 9.17) is 0 Å². The molecule has 2 aromatic carbocycles. The molecule has 1 aliphatic heterocycles. The Morgan fingerprint density at radius 1 is 1.05 bits per heavy atom. The minimum absolute atomic E-state index is 0.935. The van der Waals surface area contributed by atoms with Gasteiger partial charge in [-0.25, -0.2) is 0 Å². The highest BCUT2D eigenvalue weighted by Crippen LogP contribution is 2.28. The summed E-state index contributed by atoms with van der Waals surface area (Å²) in [4.78, 5) is 2.51. The van der Waals surface area contributed by atoms with E-state index in [-0.39, 0.29) is 0 Å². The molecular weight excluding hydrogens is 244 g/mol. The van der Waals surface area contributed by atoms with Crippen molar-refractivity contribution in [3.63, 3.8) is 0 Å². The molecule has 2 aromatic rings. The molecule has 0 amide bonds. The van der Waals surface area contributed by atoms with Gasteiger partial charge in [-0.1, -0.05) is 42.5 Å². The van der Waals surface area contributed by atoms with Crippen molar-refractivity contribution >= 4 is 5.69 Å². The molecule has 0 atom stereocenters. The van der Waals surface area contributed by atoms with Crippen LogP contribution in [-0.2, 0) is 19.5 Å². The summed E-state index contributed by atoms with van der Waals surface area (Å²) in [6.07, 6.45) is 2.47. The first-order chi connectivity index (χ1) is 9.86. The molecule has 0 aromatic heterocycles. The lowest BCUT2D eigenvalue weighted by Crippen LogP contribution is -2.28. The van der Waals surface area contributed by atoms with Gasteiger partial charge in [-0.2, -0.15) is 0 Å². The average Bonchev–Trinajstić information content (AvgIpc) is 2.48. The van der Waals surface area contributed by atoms with Crippen molar-refractivity contribution in [1.29, 1.82) is 0 Å².